The number of carbonyl (C=O) groups excluding carboxylic acids is 1. The standard InChI is InChI=1S/C25H21F5N4O2S.C3H8O2/c1-2-19(35)32-7-9-33(10-8-32)23-16-13-17(25(28,29)30)20(15-5-4-14(26)12-18(15)27)22-21(16)34(24(36)31-23)6-3-11-37-22;1-5-3-2-4/h2,4-5,12-13H,1,3,6-11H2;4H,2-3H2,1H3. The second kappa shape index (κ2) is 13.2. The van der Waals surface area contributed by atoms with E-state index < -0.39 is 40.2 Å². The van der Waals surface area contributed by atoms with Crippen LogP contribution in [0.15, 0.2) is 46.6 Å². The first kappa shape index (κ1) is 31.4. The second-order valence-electron chi connectivity index (χ2n) is 9.45. The fourth-order valence-electron chi connectivity index (χ4n) is 4.92. The Morgan fingerprint density at radius 3 is 2.45 bits per heavy atom. The zero-order valence-corrected chi connectivity index (χ0v) is 23.5. The quantitative estimate of drug-likeness (QED) is 0.340. The molecule has 1 N–H and O–H groups in total. The lowest BCUT2D eigenvalue weighted by atomic mass is 9.95. The molecule has 2 aliphatic rings. The molecule has 14 heteroatoms. The number of aliphatic hydroxyl groups is 1. The Morgan fingerprint density at radius 2 is 1.88 bits per heavy atom. The third-order valence-corrected chi connectivity index (χ3v) is 8.02. The van der Waals surface area contributed by atoms with E-state index in [1.54, 1.807) is 16.9 Å². The van der Waals surface area contributed by atoms with Crippen LogP contribution in [-0.2, 0) is 22.3 Å². The third kappa shape index (κ3) is 6.45. The van der Waals surface area contributed by atoms with Crippen molar-refractivity contribution >= 4 is 34.4 Å². The van der Waals surface area contributed by atoms with Gasteiger partial charge >= 0.3 is 11.9 Å². The van der Waals surface area contributed by atoms with Crippen molar-refractivity contribution in [3.8, 4) is 11.1 Å². The number of nitrogens with zero attached hydrogens (tertiary/aromatic N) is 4. The normalized spacial score (nSPS) is 15.2. The number of hydrogen-bond acceptors (Lipinski definition) is 7. The van der Waals surface area contributed by atoms with E-state index in [0.29, 0.717) is 24.8 Å². The Hall–Kier alpha value is -3.49. The van der Waals surface area contributed by atoms with E-state index in [9.17, 15) is 31.5 Å². The summed E-state index contributed by atoms with van der Waals surface area (Å²) in [6, 6.07) is 3.35. The Bertz CT molecular complexity index is 1540. The number of aromatic nitrogens is 2. The number of aliphatic hydroxyl groups excluding tert-OH is 1. The zero-order chi connectivity index (χ0) is 30.6. The molecule has 5 rings (SSSR count). The number of aryl methyl sites for hydroxylation is 1. The second-order valence-corrected chi connectivity index (χ2v) is 10.6. The highest BCUT2D eigenvalue weighted by atomic mass is 32.2. The summed E-state index contributed by atoms with van der Waals surface area (Å²) in [6.07, 6.45) is -3.19. The largest absolute Gasteiger partial charge is 0.417 e. The molecule has 0 bridgehead atoms. The summed E-state index contributed by atoms with van der Waals surface area (Å²) < 4.78 is 77.7. The first-order valence-electron chi connectivity index (χ1n) is 13.0. The average molecular weight is 613 g/mol. The van der Waals surface area contributed by atoms with Crippen LogP contribution >= 0.6 is 11.8 Å². The Balaban J connectivity index is 0.000000748. The highest BCUT2D eigenvalue weighted by Crippen LogP contribution is 2.48. The fourth-order valence-corrected chi connectivity index (χ4v) is 6.12. The summed E-state index contributed by atoms with van der Waals surface area (Å²) in [5.74, 6) is -1.82. The van der Waals surface area contributed by atoms with Crippen LogP contribution < -0.4 is 10.6 Å². The molecule has 3 aromatic rings. The van der Waals surface area contributed by atoms with Gasteiger partial charge in [0.05, 0.1) is 24.3 Å². The lowest BCUT2D eigenvalue weighted by Crippen LogP contribution is -2.49. The number of ether oxygens (including phenoxy) is 1. The van der Waals surface area contributed by atoms with Crippen molar-refractivity contribution in [1.82, 2.24) is 14.5 Å². The van der Waals surface area contributed by atoms with Crippen LogP contribution in [0.5, 0.6) is 0 Å². The monoisotopic (exact) mass is 612 g/mol. The van der Waals surface area contributed by atoms with Gasteiger partial charge in [0, 0.05) is 67.3 Å². The van der Waals surface area contributed by atoms with Gasteiger partial charge in [-0.1, -0.05) is 6.58 Å². The summed E-state index contributed by atoms with van der Waals surface area (Å²) in [5.41, 5.74) is -2.29. The van der Waals surface area contributed by atoms with Crippen molar-refractivity contribution in [2.45, 2.75) is 24.0 Å². The minimum absolute atomic E-state index is 0.0855. The first-order valence-corrected chi connectivity index (χ1v) is 14.0. The average Bonchev–Trinajstić information content (AvgIpc) is 3.19. The van der Waals surface area contributed by atoms with Crippen LogP contribution in [0.25, 0.3) is 22.0 Å². The van der Waals surface area contributed by atoms with E-state index in [-0.39, 0.29) is 66.9 Å². The maximum Gasteiger partial charge on any atom is 0.417 e. The molecule has 42 heavy (non-hydrogen) atoms. The summed E-state index contributed by atoms with van der Waals surface area (Å²) in [6.45, 7) is 5.34. The van der Waals surface area contributed by atoms with Gasteiger partial charge < -0.3 is 19.6 Å². The maximum absolute atomic E-state index is 14.9. The predicted octanol–water partition coefficient (Wildman–Crippen LogP) is 4.32. The summed E-state index contributed by atoms with van der Waals surface area (Å²) in [4.78, 5) is 32.6. The molecule has 2 aromatic carbocycles. The van der Waals surface area contributed by atoms with Crippen LogP contribution in [0.3, 0.4) is 0 Å². The Morgan fingerprint density at radius 1 is 1.17 bits per heavy atom. The van der Waals surface area contributed by atoms with Crippen LogP contribution in [0.4, 0.5) is 27.8 Å². The topological polar surface area (TPSA) is 87.9 Å². The number of carbonyl (C=O) groups is 1. The highest BCUT2D eigenvalue weighted by molar-refractivity contribution is 7.99. The van der Waals surface area contributed by atoms with Gasteiger partial charge in [-0.3, -0.25) is 9.36 Å². The van der Waals surface area contributed by atoms with Crippen molar-refractivity contribution in [1.29, 1.82) is 0 Å². The van der Waals surface area contributed by atoms with Gasteiger partial charge in [0.25, 0.3) is 0 Å². The van der Waals surface area contributed by atoms with E-state index in [4.69, 9.17) is 5.11 Å². The molecule has 0 aliphatic carbocycles. The van der Waals surface area contributed by atoms with Crippen LogP contribution in [0.1, 0.15) is 12.0 Å². The van der Waals surface area contributed by atoms with Gasteiger partial charge in [-0.05, 0) is 36.4 Å². The Labute approximate surface area is 242 Å². The number of anilines is 1. The van der Waals surface area contributed by atoms with E-state index in [2.05, 4.69) is 16.3 Å². The number of amides is 1. The number of halogens is 5. The molecular formula is C28H29F5N4O4S. The molecule has 226 valence electrons. The van der Waals surface area contributed by atoms with Gasteiger partial charge in [0.15, 0.2) is 0 Å². The maximum atomic E-state index is 14.9. The van der Waals surface area contributed by atoms with Gasteiger partial charge in [-0.15, -0.1) is 11.8 Å². The molecule has 1 aromatic heterocycles. The Kier molecular flexibility index (Phi) is 9.89. The van der Waals surface area contributed by atoms with E-state index in [1.165, 1.54) is 10.6 Å². The predicted molar refractivity (Wildman–Crippen MR) is 150 cm³/mol. The molecule has 0 unspecified atom stereocenters. The SMILES string of the molecule is C=CC(=O)N1CCN(c2nc(=O)n3c4c(c(-c5ccc(F)cc5F)c(C(F)(F)F)cc24)SCCC3)CC1.COCCO. The lowest BCUT2D eigenvalue weighted by molar-refractivity contribution is -0.137. The van der Waals surface area contributed by atoms with E-state index in [0.717, 1.165) is 30.0 Å². The summed E-state index contributed by atoms with van der Waals surface area (Å²) in [5, 5.41) is 8.06. The van der Waals surface area contributed by atoms with E-state index >= 15 is 0 Å². The molecule has 0 spiro atoms. The van der Waals surface area contributed by atoms with Crippen molar-refractivity contribution < 1.29 is 36.6 Å². The molecule has 2 aliphatic heterocycles. The molecular weight excluding hydrogens is 583 g/mol. The van der Waals surface area contributed by atoms with Crippen molar-refractivity contribution in [3.05, 3.63) is 64.6 Å². The number of piperazine rings is 1. The number of benzene rings is 2. The van der Waals surface area contributed by atoms with Crippen LogP contribution in [0.2, 0.25) is 0 Å². The molecule has 1 saturated heterocycles. The number of thioether (sulfide) groups is 1. The molecule has 0 saturated carbocycles. The van der Waals surface area contributed by atoms with Crippen LogP contribution in [-0.4, -0.2) is 77.7 Å². The number of alkyl halides is 3. The molecule has 0 radical (unpaired) electrons. The molecule has 1 amide bonds. The number of rotatable bonds is 5. The fraction of sp³-hybridized carbons (Fsp3) is 0.393. The number of hydrogen-bond donors (Lipinski definition) is 1. The first-order chi connectivity index (χ1) is 20.0. The zero-order valence-electron chi connectivity index (χ0n) is 22.7. The summed E-state index contributed by atoms with van der Waals surface area (Å²) >= 11 is 1.11. The minimum Gasteiger partial charge on any atom is -0.394 e. The van der Waals surface area contributed by atoms with Crippen molar-refractivity contribution in [3.63, 3.8) is 0 Å². The molecule has 8 nitrogen and oxygen atoms in total. The highest BCUT2D eigenvalue weighted by Gasteiger charge is 2.38. The van der Waals surface area contributed by atoms with E-state index in [1.807, 2.05) is 0 Å². The van der Waals surface area contributed by atoms with Crippen molar-refractivity contribution in [2.24, 2.45) is 0 Å². The third-order valence-electron chi connectivity index (χ3n) is 6.84. The van der Waals surface area contributed by atoms with Gasteiger partial charge in [0.2, 0.25) is 5.91 Å². The smallest absolute Gasteiger partial charge is 0.394 e. The molecule has 3 heterocycles. The van der Waals surface area contributed by atoms with Crippen molar-refractivity contribution in [2.75, 3.05) is 57.2 Å². The van der Waals surface area contributed by atoms with Gasteiger partial charge in [0.1, 0.15) is 17.5 Å². The number of methoxy groups -OCH3 is 1. The lowest BCUT2D eigenvalue weighted by Gasteiger charge is -2.35. The summed E-state index contributed by atoms with van der Waals surface area (Å²) in [7, 11) is 1.55. The molecule has 1 fully saturated rings. The van der Waals surface area contributed by atoms with Gasteiger partial charge in [-0.2, -0.15) is 18.2 Å². The van der Waals surface area contributed by atoms with Gasteiger partial charge in [-0.25, -0.2) is 13.6 Å². The molecule has 0 atom stereocenters. The minimum atomic E-state index is -4.87. The van der Waals surface area contributed by atoms with Crippen LogP contribution in [0, 0.1) is 11.6 Å².